The second-order valence-corrected chi connectivity index (χ2v) is 8.23. The molecule has 26 heavy (non-hydrogen) atoms. The van der Waals surface area contributed by atoms with Crippen molar-refractivity contribution in [3.05, 3.63) is 46.2 Å². The van der Waals surface area contributed by atoms with Gasteiger partial charge in [-0.1, -0.05) is 19.3 Å². The number of aryl methyl sites for hydroxylation is 1. The number of thiophene rings is 1. The van der Waals surface area contributed by atoms with Gasteiger partial charge in [-0.2, -0.15) is 0 Å². The maximum atomic E-state index is 12.1. The molecule has 138 valence electrons. The number of hydrogen-bond donors (Lipinski definition) is 2. The Balaban J connectivity index is 1.44. The van der Waals surface area contributed by atoms with Crippen molar-refractivity contribution in [2.24, 2.45) is 0 Å². The van der Waals surface area contributed by atoms with E-state index in [-0.39, 0.29) is 24.5 Å². The summed E-state index contributed by atoms with van der Waals surface area (Å²) in [6.45, 7) is 1.97. The van der Waals surface area contributed by atoms with Crippen LogP contribution in [-0.2, 0) is 4.79 Å². The summed E-state index contributed by atoms with van der Waals surface area (Å²) in [5.74, 6) is -0.0927. The van der Waals surface area contributed by atoms with Gasteiger partial charge in [0.1, 0.15) is 0 Å². The molecule has 3 rings (SSSR count). The minimum atomic E-state index is -0.125. The van der Waals surface area contributed by atoms with Crippen LogP contribution in [0, 0.1) is 6.92 Å². The summed E-state index contributed by atoms with van der Waals surface area (Å²) < 4.78 is 0. The highest BCUT2D eigenvalue weighted by Crippen LogP contribution is 2.23. The van der Waals surface area contributed by atoms with E-state index in [1.807, 2.05) is 43.3 Å². The number of rotatable bonds is 7. The van der Waals surface area contributed by atoms with Crippen LogP contribution in [0.3, 0.4) is 0 Å². The molecule has 1 aliphatic carbocycles. The number of Topliss-reactive ketones (excluding diaryl/α,β-unsaturated/α-hetero) is 1. The predicted octanol–water partition coefficient (Wildman–Crippen LogP) is 5.40. The van der Waals surface area contributed by atoms with Crippen LogP contribution in [0.1, 0.15) is 59.5 Å². The van der Waals surface area contributed by atoms with Crippen molar-refractivity contribution in [1.29, 1.82) is 0 Å². The summed E-state index contributed by atoms with van der Waals surface area (Å²) in [6.07, 6.45) is 6.86. The topological polar surface area (TPSA) is 58.2 Å². The van der Waals surface area contributed by atoms with Gasteiger partial charge in [0.2, 0.25) is 5.91 Å². The van der Waals surface area contributed by atoms with E-state index >= 15 is 0 Å². The van der Waals surface area contributed by atoms with Crippen LogP contribution in [0.2, 0.25) is 0 Å². The van der Waals surface area contributed by atoms with E-state index in [1.54, 1.807) is 0 Å². The second-order valence-electron chi connectivity index (χ2n) is 6.94. The molecule has 1 amide bonds. The number of anilines is 2. The van der Waals surface area contributed by atoms with Crippen molar-refractivity contribution in [1.82, 2.24) is 0 Å². The van der Waals surface area contributed by atoms with Crippen LogP contribution in [0.25, 0.3) is 0 Å². The summed E-state index contributed by atoms with van der Waals surface area (Å²) in [5.41, 5.74) is 1.86. The zero-order valence-electron chi connectivity index (χ0n) is 15.2. The van der Waals surface area contributed by atoms with Crippen LogP contribution in [0.5, 0.6) is 0 Å². The Morgan fingerprint density at radius 1 is 0.962 bits per heavy atom. The van der Waals surface area contributed by atoms with Crippen molar-refractivity contribution >= 4 is 34.4 Å². The molecular formula is C21H26N2O2S. The fraction of sp³-hybridized carbons (Fsp3) is 0.429. The Morgan fingerprint density at radius 3 is 2.31 bits per heavy atom. The molecule has 2 N–H and O–H groups in total. The Morgan fingerprint density at radius 2 is 1.65 bits per heavy atom. The van der Waals surface area contributed by atoms with Gasteiger partial charge in [0.25, 0.3) is 0 Å². The Labute approximate surface area is 159 Å². The molecule has 1 aliphatic rings. The lowest BCUT2D eigenvalue weighted by Gasteiger charge is -2.23. The summed E-state index contributed by atoms with van der Waals surface area (Å²) in [7, 11) is 0. The fourth-order valence-electron chi connectivity index (χ4n) is 3.29. The number of ketones is 1. The first-order chi connectivity index (χ1) is 12.6. The smallest absolute Gasteiger partial charge is 0.224 e. The minimum absolute atomic E-state index is 0.0327. The third-order valence-electron chi connectivity index (χ3n) is 4.74. The highest BCUT2D eigenvalue weighted by molar-refractivity contribution is 7.14. The molecule has 2 aromatic rings. The molecule has 4 nitrogen and oxygen atoms in total. The van der Waals surface area contributed by atoms with E-state index < -0.39 is 0 Å². The molecule has 0 atom stereocenters. The SMILES string of the molecule is Cc1ccc(C(=O)CCC(=O)Nc2ccc(NC3CCCCC3)cc2)s1. The lowest BCUT2D eigenvalue weighted by atomic mass is 9.95. The van der Waals surface area contributed by atoms with Gasteiger partial charge in [-0.15, -0.1) is 11.3 Å². The van der Waals surface area contributed by atoms with E-state index in [4.69, 9.17) is 0 Å². The average molecular weight is 371 g/mol. The average Bonchev–Trinajstić information content (AvgIpc) is 3.09. The lowest BCUT2D eigenvalue weighted by molar-refractivity contribution is -0.116. The van der Waals surface area contributed by atoms with E-state index in [9.17, 15) is 9.59 Å². The van der Waals surface area contributed by atoms with Crippen molar-refractivity contribution in [2.45, 2.75) is 57.9 Å². The standard InChI is InChI=1S/C21H26N2O2S/c1-15-7-13-20(26-15)19(24)12-14-21(25)23-18-10-8-17(9-11-18)22-16-5-3-2-4-6-16/h7-11,13,16,22H,2-6,12,14H2,1H3,(H,23,25). The first kappa shape index (κ1) is 18.6. The van der Waals surface area contributed by atoms with Crippen LogP contribution in [0.4, 0.5) is 11.4 Å². The van der Waals surface area contributed by atoms with Gasteiger partial charge in [0, 0.05) is 35.1 Å². The minimum Gasteiger partial charge on any atom is -0.382 e. The summed E-state index contributed by atoms with van der Waals surface area (Å²) in [6, 6.07) is 12.2. The van der Waals surface area contributed by atoms with Gasteiger partial charge in [-0.3, -0.25) is 9.59 Å². The molecule has 1 aromatic carbocycles. The first-order valence-electron chi connectivity index (χ1n) is 9.36. The van der Waals surface area contributed by atoms with Crippen molar-refractivity contribution in [3.63, 3.8) is 0 Å². The molecule has 1 heterocycles. The van der Waals surface area contributed by atoms with Gasteiger partial charge < -0.3 is 10.6 Å². The van der Waals surface area contributed by atoms with Gasteiger partial charge in [-0.05, 0) is 56.2 Å². The monoisotopic (exact) mass is 370 g/mol. The van der Waals surface area contributed by atoms with Crippen molar-refractivity contribution in [3.8, 4) is 0 Å². The summed E-state index contributed by atoms with van der Waals surface area (Å²) >= 11 is 1.48. The highest BCUT2D eigenvalue weighted by atomic mass is 32.1. The Kier molecular flexibility index (Phi) is 6.45. The first-order valence-corrected chi connectivity index (χ1v) is 10.2. The van der Waals surface area contributed by atoms with E-state index in [0.717, 1.165) is 21.1 Å². The molecule has 0 bridgehead atoms. The third-order valence-corrected chi connectivity index (χ3v) is 5.78. The molecule has 5 heteroatoms. The van der Waals surface area contributed by atoms with Gasteiger partial charge in [0.05, 0.1) is 4.88 Å². The lowest BCUT2D eigenvalue weighted by Crippen LogP contribution is -2.22. The summed E-state index contributed by atoms with van der Waals surface area (Å²) in [4.78, 5) is 26.0. The van der Waals surface area contributed by atoms with Crippen molar-refractivity contribution in [2.75, 3.05) is 10.6 Å². The van der Waals surface area contributed by atoms with E-state index in [2.05, 4.69) is 10.6 Å². The number of amides is 1. The molecule has 0 radical (unpaired) electrons. The van der Waals surface area contributed by atoms with Gasteiger partial charge in [0.15, 0.2) is 5.78 Å². The zero-order chi connectivity index (χ0) is 18.4. The van der Waals surface area contributed by atoms with Gasteiger partial charge in [-0.25, -0.2) is 0 Å². The zero-order valence-corrected chi connectivity index (χ0v) is 16.0. The maximum absolute atomic E-state index is 12.1. The van der Waals surface area contributed by atoms with Crippen LogP contribution in [-0.4, -0.2) is 17.7 Å². The largest absolute Gasteiger partial charge is 0.382 e. The number of carbonyl (C=O) groups is 2. The normalized spacial score (nSPS) is 14.8. The van der Waals surface area contributed by atoms with Crippen LogP contribution in [0.15, 0.2) is 36.4 Å². The highest BCUT2D eigenvalue weighted by Gasteiger charge is 2.13. The third kappa shape index (κ3) is 5.43. The molecule has 1 fully saturated rings. The number of carbonyl (C=O) groups excluding carboxylic acids is 2. The number of benzene rings is 1. The van der Waals surface area contributed by atoms with E-state index in [1.165, 1.54) is 43.4 Å². The molecule has 0 spiro atoms. The van der Waals surface area contributed by atoms with E-state index in [0.29, 0.717) is 6.04 Å². The summed E-state index contributed by atoms with van der Waals surface area (Å²) in [5, 5.41) is 6.43. The molecule has 1 aromatic heterocycles. The molecule has 0 saturated heterocycles. The quantitative estimate of drug-likeness (QED) is 0.641. The maximum Gasteiger partial charge on any atom is 0.224 e. The predicted molar refractivity (Wildman–Crippen MR) is 108 cm³/mol. The van der Waals surface area contributed by atoms with Crippen molar-refractivity contribution < 1.29 is 9.59 Å². The molecule has 0 unspecified atom stereocenters. The van der Waals surface area contributed by atoms with Crippen LogP contribution < -0.4 is 10.6 Å². The second kappa shape index (κ2) is 8.99. The molecule has 0 aliphatic heterocycles. The Hall–Kier alpha value is -2.14. The fourth-order valence-corrected chi connectivity index (χ4v) is 4.13. The van der Waals surface area contributed by atoms with Gasteiger partial charge >= 0.3 is 0 Å². The number of nitrogens with one attached hydrogen (secondary N) is 2. The Bertz CT molecular complexity index is 746. The number of hydrogen-bond acceptors (Lipinski definition) is 4. The van der Waals surface area contributed by atoms with Crippen LogP contribution >= 0.6 is 11.3 Å². The molecular weight excluding hydrogens is 344 g/mol. The molecule has 1 saturated carbocycles.